The summed E-state index contributed by atoms with van der Waals surface area (Å²) in [5, 5.41) is 6.75. The van der Waals surface area contributed by atoms with Gasteiger partial charge in [0.1, 0.15) is 5.76 Å². The molecular formula is C19H26IN3OS. The third-order valence-corrected chi connectivity index (χ3v) is 4.25. The van der Waals surface area contributed by atoms with Crippen LogP contribution in [-0.2, 0) is 13.0 Å². The molecule has 136 valence electrons. The van der Waals surface area contributed by atoms with Gasteiger partial charge < -0.3 is 15.1 Å². The van der Waals surface area contributed by atoms with Gasteiger partial charge in [0.2, 0.25) is 0 Å². The molecule has 2 N–H and O–H groups in total. The van der Waals surface area contributed by atoms with Gasteiger partial charge in [-0.1, -0.05) is 36.4 Å². The van der Waals surface area contributed by atoms with E-state index < -0.39 is 0 Å². The van der Waals surface area contributed by atoms with E-state index in [0.717, 1.165) is 42.7 Å². The van der Waals surface area contributed by atoms with Crippen LogP contribution in [-0.4, -0.2) is 30.6 Å². The lowest BCUT2D eigenvalue weighted by atomic mass is 10.2. The highest BCUT2D eigenvalue weighted by molar-refractivity contribution is 14.0. The van der Waals surface area contributed by atoms with Crippen LogP contribution in [0.25, 0.3) is 0 Å². The molecule has 1 heterocycles. The fourth-order valence-corrected chi connectivity index (χ4v) is 2.68. The van der Waals surface area contributed by atoms with E-state index in [1.54, 1.807) is 6.26 Å². The SMILES string of the molecule is C=CCSCCNC(=NCc1ccccc1)NCCc1ccco1.I. The number of hydrogen-bond acceptors (Lipinski definition) is 3. The summed E-state index contributed by atoms with van der Waals surface area (Å²) in [6.07, 6.45) is 4.47. The number of aliphatic imine (C=N–C) groups is 1. The lowest BCUT2D eigenvalue weighted by molar-refractivity contribution is 0.507. The second-order valence-corrected chi connectivity index (χ2v) is 6.35. The lowest BCUT2D eigenvalue weighted by Gasteiger charge is -2.12. The molecule has 2 rings (SSSR count). The van der Waals surface area contributed by atoms with Gasteiger partial charge in [-0.15, -0.1) is 30.6 Å². The molecule has 25 heavy (non-hydrogen) atoms. The molecule has 1 aromatic carbocycles. The number of thioether (sulfide) groups is 1. The number of nitrogens with zero attached hydrogens (tertiary/aromatic N) is 1. The highest BCUT2D eigenvalue weighted by Gasteiger charge is 2.00. The van der Waals surface area contributed by atoms with Gasteiger partial charge in [0.05, 0.1) is 12.8 Å². The summed E-state index contributed by atoms with van der Waals surface area (Å²) >= 11 is 1.85. The number of guanidine groups is 1. The maximum absolute atomic E-state index is 5.36. The Morgan fingerprint density at radius 2 is 1.92 bits per heavy atom. The molecule has 0 amide bonds. The number of hydrogen-bond donors (Lipinski definition) is 2. The first-order chi connectivity index (χ1) is 11.9. The Bertz CT molecular complexity index is 602. The molecule has 0 bridgehead atoms. The number of benzene rings is 1. The summed E-state index contributed by atoms with van der Waals surface area (Å²) in [4.78, 5) is 4.67. The highest BCUT2D eigenvalue weighted by Crippen LogP contribution is 2.01. The average molecular weight is 471 g/mol. The smallest absolute Gasteiger partial charge is 0.191 e. The van der Waals surface area contributed by atoms with Crippen molar-refractivity contribution in [3.05, 3.63) is 72.7 Å². The molecule has 0 saturated heterocycles. The quantitative estimate of drug-likeness (QED) is 0.180. The fourth-order valence-electron chi connectivity index (χ4n) is 2.10. The lowest BCUT2D eigenvalue weighted by Crippen LogP contribution is -2.39. The van der Waals surface area contributed by atoms with Gasteiger partial charge >= 0.3 is 0 Å². The average Bonchev–Trinajstić information content (AvgIpc) is 3.13. The molecule has 0 aliphatic carbocycles. The van der Waals surface area contributed by atoms with Gasteiger partial charge in [-0.25, -0.2) is 4.99 Å². The van der Waals surface area contributed by atoms with Crippen LogP contribution >= 0.6 is 35.7 Å². The van der Waals surface area contributed by atoms with Gasteiger partial charge in [-0.05, 0) is 17.7 Å². The van der Waals surface area contributed by atoms with Crippen LogP contribution in [0.1, 0.15) is 11.3 Å². The number of nitrogens with one attached hydrogen (secondary N) is 2. The van der Waals surface area contributed by atoms with Crippen LogP contribution in [0.3, 0.4) is 0 Å². The van der Waals surface area contributed by atoms with E-state index in [0.29, 0.717) is 6.54 Å². The molecule has 2 aromatic rings. The van der Waals surface area contributed by atoms with Crippen molar-refractivity contribution in [2.75, 3.05) is 24.6 Å². The van der Waals surface area contributed by atoms with Gasteiger partial charge in [-0.2, -0.15) is 11.8 Å². The zero-order chi connectivity index (χ0) is 16.9. The van der Waals surface area contributed by atoms with Crippen LogP contribution in [0.4, 0.5) is 0 Å². The van der Waals surface area contributed by atoms with Crippen molar-refractivity contribution in [1.29, 1.82) is 0 Å². The first-order valence-electron chi connectivity index (χ1n) is 8.15. The molecular weight excluding hydrogens is 445 g/mol. The summed E-state index contributed by atoms with van der Waals surface area (Å²) in [6, 6.07) is 14.2. The molecule has 0 unspecified atom stereocenters. The molecule has 0 spiro atoms. The first-order valence-corrected chi connectivity index (χ1v) is 9.31. The minimum Gasteiger partial charge on any atom is -0.469 e. The van der Waals surface area contributed by atoms with Crippen LogP contribution in [0.2, 0.25) is 0 Å². The molecule has 0 atom stereocenters. The molecule has 6 heteroatoms. The minimum absolute atomic E-state index is 0. The molecule has 0 aliphatic rings. The summed E-state index contributed by atoms with van der Waals surface area (Å²) in [5.74, 6) is 3.82. The number of rotatable bonds is 10. The van der Waals surface area contributed by atoms with E-state index in [-0.39, 0.29) is 24.0 Å². The third-order valence-electron chi connectivity index (χ3n) is 3.28. The Kier molecular flexibility index (Phi) is 12.0. The number of halogens is 1. The van der Waals surface area contributed by atoms with Crippen molar-refractivity contribution in [3.8, 4) is 0 Å². The van der Waals surface area contributed by atoms with E-state index in [2.05, 4.69) is 34.3 Å². The summed E-state index contributed by atoms with van der Waals surface area (Å²) in [6.45, 7) is 6.06. The van der Waals surface area contributed by atoms with Crippen molar-refractivity contribution in [2.24, 2.45) is 4.99 Å². The Balaban J connectivity index is 0.00000312. The van der Waals surface area contributed by atoms with E-state index in [1.165, 1.54) is 5.56 Å². The van der Waals surface area contributed by atoms with E-state index in [4.69, 9.17) is 4.42 Å². The molecule has 4 nitrogen and oxygen atoms in total. The normalized spacial score (nSPS) is 10.8. The monoisotopic (exact) mass is 471 g/mol. The second-order valence-electron chi connectivity index (χ2n) is 5.20. The maximum Gasteiger partial charge on any atom is 0.191 e. The predicted octanol–water partition coefficient (Wildman–Crippen LogP) is 4.09. The van der Waals surface area contributed by atoms with E-state index >= 15 is 0 Å². The standard InChI is InChI=1S/C19H25N3OS.HI/c1-2-14-24-15-12-21-19(20-11-10-18-9-6-13-23-18)22-16-17-7-4-3-5-8-17;/h2-9,13H,1,10-12,14-16H2,(H2,20,21,22);1H. The molecule has 0 radical (unpaired) electrons. The minimum atomic E-state index is 0. The van der Waals surface area contributed by atoms with Crippen molar-refractivity contribution >= 4 is 41.7 Å². The number of furan rings is 1. The molecule has 0 fully saturated rings. The van der Waals surface area contributed by atoms with Crippen LogP contribution < -0.4 is 10.6 Å². The van der Waals surface area contributed by atoms with Gasteiger partial charge in [0, 0.05) is 31.0 Å². The van der Waals surface area contributed by atoms with E-state index in [1.807, 2.05) is 48.2 Å². The van der Waals surface area contributed by atoms with Crippen LogP contribution in [0.5, 0.6) is 0 Å². The van der Waals surface area contributed by atoms with Gasteiger partial charge in [0.15, 0.2) is 5.96 Å². The topological polar surface area (TPSA) is 49.6 Å². The first kappa shape index (κ1) is 21.6. The van der Waals surface area contributed by atoms with Crippen molar-refractivity contribution in [2.45, 2.75) is 13.0 Å². The zero-order valence-corrected chi connectivity index (χ0v) is 17.5. The molecule has 1 aromatic heterocycles. The summed E-state index contributed by atoms with van der Waals surface area (Å²) in [5.41, 5.74) is 1.20. The van der Waals surface area contributed by atoms with Crippen LogP contribution in [0.15, 0.2) is 70.8 Å². The van der Waals surface area contributed by atoms with Gasteiger partial charge in [-0.3, -0.25) is 0 Å². The molecule has 0 saturated carbocycles. The summed E-state index contributed by atoms with van der Waals surface area (Å²) in [7, 11) is 0. The van der Waals surface area contributed by atoms with Crippen molar-refractivity contribution in [1.82, 2.24) is 10.6 Å². The second kappa shape index (κ2) is 13.8. The van der Waals surface area contributed by atoms with Crippen LogP contribution in [0, 0.1) is 0 Å². The fraction of sp³-hybridized carbons (Fsp3) is 0.316. The molecule has 0 aliphatic heterocycles. The Morgan fingerprint density at radius 1 is 1.12 bits per heavy atom. The Hall–Kier alpha value is -1.41. The third kappa shape index (κ3) is 9.60. The highest BCUT2D eigenvalue weighted by atomic mass is 127. The maximum atomic E-state index is 5.36. The zero-order valence-electron chi connectivity index (χ0n) is 14.3. The van der Waals surface area contributed by atoms with Crippen molar-refractivity contribution in [3.63, 3.8) is 0 Å². The Labute approximate surface area is 171 Å². The summed E-state index contributed by atoms with van der Waals surface area (Å²) < 4.78 is 5.36. The largest absolute Gasteiger partial charge is 0.469 e. The van der Waals surface area contributed by atoms with E-state index in [9.17, 15) is 0 Å². The Morgan fingerprint density at radius 3 is 2.64 bits per heavy atom. The van der Waals surface area contributed by atoms with Crippen molar-refractivity contribution < 1.29 is 4.42 Å². The predicted molar refractivity (Wildman–Crippen MR) is 119 cm³/mol. The van der Waals surface area contributed by atoms with Gasteiger partial charge in [0.25, 0.3) is 0 Å².